The first kappa shape index (κ1) is 22.8. The minimum absolute atomic E-state index is 0.0291. The highest BCUT2D eigenvalue weighted by molar-refractivity contribution is 5.94. The second kappa shape index (κ2) is 8.51. The Bertz CT molecular complexity index is 1200. The molecule has 1 aliphatic heterocycles. The molecule has 0 spiro atoms. The molecule has 10 heteroatoms. The Labute approximate surface area is 189 Å². The molecule has 7 nitrogen and oxygen atoms in total. The van der Waals surface area contributed by atoms with E-state index in [4.69, 9.17) is 5.73 Å². The minimum atomic E-state index is -4.47. The number of amides is 1. The van der Waals surface area contributed by atoms with Crippen LogP contribution in [0.3, 0.4) is 0 Å². The van der Waals surface area contributed by atoms with Gasteiger partial charge in [-0.15, -0.1) is 5.10 Å². The summed E-state index contributed by atoms with van der Waals surface area (Å²) in [5.74, 6) is 0.383. The third kappa shape index (κ3) is 4.43. The first-order valence-electron chi connectivity index (χ1n) is 10.5. The standard InChI is InChI=1S/C23H25F3N6O/c1-13-11-31(3)20(33)12-32(13)16-8-7-15-10-28-30-22(18(15)9-16)29-21(27)17-5-4-6-19(14(17)2)23(24,25)26/h4-10,13,21H,11-12,27H2,1-3H3,(H,29,30)/t13?,21-/m0/s1. The number of alkyl halides is 3. The number of likely N-dealkylation sites (N-methyl/N-ethyl adjacent to an activating group) is 1. The van der Waals surface area contributed by atoms with Gasteiger partial charge in [0.2, 0.25) is 5.91 Å². The second-order valence-corrected chi connectivity index (χ2v) is 8.36. The van der Waals surface area contributed by atoms with Gasteiger partial charge >= 0.3 is 6.18 Å². The van der Waals surface area contributed by atoms with Gasteiger partial charge in [-0.25, -0.2) is 0 Å². The lowest BCUT2D eigenvalue weighted by atomic mass is 10.00. The number of fused-ring (bicyclic) bond motifs is 1. The number of nitrogens with one attached hydrogen (secondary N) is 1. The van der Waals surface area contributed by atoms with Crippen molar-refractivity contribution in [2.75, 3.05) is 30.4 Å². The zero-order valence-corrected chi connectivity index (χ0v) is 18.5. The van der Waals surface area contributed by atoms with Gasteiger partial charge < -0.3 is 20.9 Å². The highest BCUT2D eigenvalue weighted by Crippen LogP contribution is 2.35. The van der Waals surface area contributed by atoms with Crippen LogP contribution in [0.1, 0.15) is 29.8 Å². The number of nitrogens with zero attached hydrogens (tertiary/aromatic N) is 4. The van der Waals surface area contributed by atoms with Gasteiger partial charge in [0.25, 0.3) is 0 Å². The van der Waals surface area contributed by atoms with Crippen molar-refractivity contribution < 1.29 is 18.0 Å². The van der Waals surface area contributed by atoms with Gasteiger partial charge in [-0.3, -0.25) is 4.79 Å². The summed E-state index contributed by atoms with van der Waals surface area (Å²) in [6, 6.07) is 9.74. The van der Waals surface area contributed by atoms with Gasteiger partial charge in [-0.1, -0.05) is 18.2 Å². The Kier molecular flexibility index (Phi) is 5.87. The summed E-state index contributed by atoms with van der Waals surface area (Å²) in [6.07, 6.45) is -3.80. The third-order valence-electron chi connectivity index (χ3n) is 6.09. The number of piperazine rings is 1. The Hall–Kier alpha value is -3.40. The fourth-order valence-corrected chi connectivity index (χ4v) is 4.24. The van der Waals surface area contributed by atoms with Crippen molar-refractivity contribution in [3.05, 3.63) is 59.3 Å². The Morgan fingerprint density at radius 3 is 2.73 bits per heavy atom. The number of carbonyl (C=O) groups is 1. The average molecular weight is 458 g/mol. The number of anilines is 2. The fraction of sp³-hybridized carbons (Fsp3) is 0.348. The molecule has 2 heterocycles. The lowest BCUT2D eigenvalue weighted by Crippen LogP contribution is -2.53. The molecule has 1 saturated heterocycles. The van der Waals surface area contributed by atoms with Crippen molar-refractivity contribution in [2.24, 2.45) is 5.73 Å². The van der Waals surface area contributed by atoms with Gasteiger partial charge in [0.05, 0.1) is 18.3 Å². The van der Waals surface area contributed by atoms with E-state index < -0.39 is 17.9 Å². The molecular weight excluding hydrogens is 433 g/mol. The molecule has 0 radical (unpaired) electrons. The number of halogens is 3. The van der Waals surface area contributed by atoms with Crippen LogP contribution in [0, 0.1) is 6.92 Å². The summed E-state index contributed by atoms with van der Waals surface area (Å²) in [4.78, 5) is 16.0. The number of benzene rings is 2. The molecule has 2 aromatic carbocycles. The monoisotopic (exact) mass is 458 g/mol. The van der Waals surface area contributed by atoms with Crippen LogP contribution in [0.2, 0.25) is 0 Å². The number of carbonyl (C=O) groups excluding carboxylic acids is 1. The summed E-state index contributed by atoms with van der Waals surface area (Å²) in [5, 5.41) is 12.7. The van der Waals surface area contributed by atoms with E-state index in [1.807, 2.05) is 30.0 Å². The Morgan fingerprint density at radius 2 is 2.00 bits per heavy atom. The van der Waals surface area contributed by atoms with Gasteiger partial charge in [0.1, 0.15) is 6.17 Å². The molecule has 1 amide bonds. The zero-order chi connectivity index (χ0) is 23.9. The molecule has 4 rings (SSSR count). The molecule has 1 unspecified atom stereocenters. The Morgan fingerprint density at radius 1 is 1.24 bits per heavy atom. The van der Waals surface area contributed by atoms with Crippen molar-refractivity contribution in [2.45, 2.75) is 32.2 Å². The molecule has 0 bridgehead atoms. The smallest absolute Gasteiger partial charge is 0.358 e. The maximum Gasteiger partial charge on any atom is 0.416 e. The van der Waals surface area contributed by atoms with Crippen LogP contribution in [-0.2, 0) is 11.0 Å². The summed E-state index contributed by atoms with van der Waals surface area (Å²) >= 11 is 0. The molecule has 0 aliphatic carbocycles. The minimum Gasteiger partial charge on any atom is -0.358 e. The summed E-state index contributed by atoms with van der Waals surface area (Å²) < 4.78 is 40.0. The van der Waals surface area contributed by atoms with Gasteiger partial charge in [0, 0.05) is 36.1 Å². The normalized spacial score (nSPS) is 18.0. The summed E-state index contributed by atoms with van der Waals surface area (Å²) in [7, 11) is 1.78. The molecule has 3 N–H and O–H groups in total. The third-order valence-corrected chi connectivity index (χ3v) is 6.09. The summed E-state index contributed by atoms with van der Waals surface area (Å²) in [6.45, 7) is 4.31. The summed E-state index contributed by atoms with van der Waals surface area (Å²) in [5.41, 5.74) is 6.76. The number of rotatable bonds is 4. The van der Waals surface area contributed by atoms with E-state index in [2.05, 4.69) is 15.5 Å². The molecule has 1 aromatic heterocycles. The van der Waals surface area contributed by atoms with E-state index in [9.17, 15) is 18.0 Å². The molecule has 2 atom stereocenters. The van der Waals surface area contributed by atoms with Crippen molar-refractivity contribution in [1.82, 2.24) is 15.1 Å². The molecular formula is C23H25F3N6O. The average Bonchev–Trinajstić information content (AvgIpc) is 2.75. The Balaban J connectivity index is 1.68. The fourth-order valence-electron chi connectivity index (χ4n) is 4.24. The van der Waals surface area contributed by atoms with Crippen LogP contribution in [0.15, 0.2) is 42.6 Å². The maximum atomic E-state index is 13.3. The first-order valence-corrected chi connectivity index (χ1v) is 10.5. The molecule has 33 heavy (non-hydrogen) atoms. The van der Waals surface area contributed by atoms with E-state index >= 15 is 0 Å². The van der Waals surface area contributed by atoms with Crippen molar-refractivity contribution in [1.29, 1.82) is 0 Å². The van der Waals surface area contributed by atoms with Crippen LogP contribution >= 0.6 is 0 Å². The van der Waals surface area contributed by atoms with Crippen LogP contribution in [-0.4, -0.2) is 47.2 Å². The number of hydrogen-bond donors (Lipinski definition) is 2. The predicted octanol–water partition coefficient (Wildman–Crippen LogP) is 3.69. The highest BCUT2D eigenvalue weighted by atomic mass is 19.4. The van der Waals surface area contributed by atoms with Crippen molar-refractivity contribution >= 4 is 28.2 Å². The second-order valence-electron chi connectivity index (χ2n) is 8.36. The predicted molar refractivity (Wildman–Crippen MR) is 121 cm³/mol. The largest absolute Gasteiger partial charge is 0.416 e. The number of aromatic nitrogens is 2. The molecule has 174 valence electrons. The van der Waals surface area contributed by atoms with E-state index in [1.54, 1.807) is 24.2 Å². The van der Waals surface area contributed by atoms with Crippen LogP contribution in [0.25, 0.3) is 10.8 Å². The number of nitrogens with two attached hydrogens (primary N) is 1. The first-order chi connectivity index (χ1) is 15.6. The molecule has 1 aliphatic rings. The molecule has 1 fully saturated rings. The van der Waals surface area contributed by atoms with Gasteiger partial charge in [0.15, 0.2) is 5.82 Å². The van der Waals surface area contributed by atoms with E-state index in [1.165, 1.54) is 13.0 Å². The van der Waals surface area contributed by atoms with E-state index in [0.29, 0.717) is 23.3 Å². The van der Waals surface area contributed by atoms with Crippen LogP contribution in [0.5, 0.6) is 0 Å². The van der Waals surface area contributed by atoms with E-state index in [0.717, 1.165) is 17.1 Å². The van der Waals surface area contributed by atoms with Crippen molar-refractivity contribution in [3.8, 4) is 0 Å². The van der Waals surface area contributed by atoms with Gasteiger partial charge in [-0.05, 0) is 43.2 Å². The zero-order valence-electron chi connectivity index (χ0n) is 18.5. The van der Waals surface area contributed by atoms with Crippen LogP contribution < -0.4 is 16.0 Å². The van der Waals surface area contributed by atoms with Crippen LogP contribution in [0.4, 0.5) is 24.7 Å². The topological polar surface area (TPSA) is 87.4 Å². The van der Waals surface area contributed by atoms with E-state index in [-0.39, 0.29) is 24.1 Å². The van der Waals surface area contributed by atoms with Crippen molar-refractivity contribution in [3.63, 3.8) is 0 Å². The SMILES string of the molecule is Cc1c([C@@H](N)Nc2nncc3ccc(N4CC(=O)N(C)CC4C)cc23)cccc1C(F)(F)F. The quantitative estimate of drug-likeness (QED) is 0.580. The molecule has 0 saturated carbocycles. The van der Waals surface area contributed by atoms with Gasteiger partial charge in [-0.2, -0.15) is 18.3 Å². The number of hydrogen-bond acceptors (Lipinski definition) is 6. The lowest BCUT2D eigenvalue weighted by molar-refractivity contribution is -0.138. The maximum absolute atomic E-state index is 13.3. The lowest BCUT2D eigenvalue weighted by Gasteiger charge is -2.39. The highest BCUT2D eigenvalue weighted by Gasteiger charge is 2.33. The molecule has 3 aromatic rings.